The standard InChI is InChI=1S/C16H18FN5O3S/c1-2-7-22-14(9-25-12-5-3-11(17)4-6-12)20-21-16(22)26-10-15(24)19-8-13(18)23/h2-6H,1,7-10H2,(H2,18,23)(H,19,24). The van der Waals surface area contributed by atoms with E-state index < -0.39 is 5.91 Å². The highest BCUT2D eigenvalue weighted by molar-refractivity contribution is 7.99. The molecule has 1 heterocycles. The summed E-state index contributed by atoms with van der Waals surface area (Å²) >= 11 is 1.16. The van der Waals surface area contributed by atoms with Gasteiger partial charge in [-0.15, -0.1) is 16.8 Å². The maximum atomic E-state index is 12.9. The molecule has 0 unspecified atom stereocenters. The van der Waals surface area contributed by atoms with E-state index in [4.69, 9.17) is 10.5 Å². The minimum absolute atomic E-state index is 0.0569. The Kier molecular flexibility index (Phi) is 7.15. The molecule has 0 aliphatic heterocycles. The van der Waals surface area contributed by atoms with Crippen LogP contribution < -0.4 is 15.8 Å². The summed E-state index contributed by atoms with van der Waals surface area (Å²) < 4.78 is 20.2. The summed E-state index contributed by atoms with van der Waals surface area (Å²) in [5.41, 5.74) is 4.97. The summed E-state index contributed by atoms with van der Waals surface area (Å²) in [5.74, 6) is -0.208. The molecule has 1 aromatic carbocycles. The first-order valence-corrected chi connectivity index (χ1v) is 8.57. The van der Waals surface area contributed by atoms with Crippen molar-refractivity contribution in [2.45, 2.75) is 18.3 Å². The molecule has 2 aromatic rings. The van der Waals surface area contributed by atoms with Crippen LogP contribution in [0.1, 0.15) is 5.82 Å². The Hall–Kier alpha value is -2.88. The lowest BCUT2D eigenvalue weighted by Crippen LogP contribution is -2.34. The Balaban J connectivity index is 1.97. The first-order chi connectivity index (χ1) is 12.5. The summed E-state index contributed by atoms with van der Waals surface area (Å²) in [5, 5.41) is 11.0. The predicted octanol–water partition coefficient (Wildman–Crippen LogP) is 0.876. The average Bonchev–Trinajstić information content (AvgIpc) is 3.00. The normalized spacial score (nSPS) is 10.3. The van der Waals surface area contributed by atoms with Gasteiger partial charge in [-0.05, 0) is 24.3 Å². The van der Waals surface area contributed by atoms with Gasteiger partial charge in [-0.2, -0.15) is 0 Å². The van der Waals surface area contributed by atoms with Gasteiger partial charge in [-0.3, -0.25) is 14.2 Å². The molecule has 2 amide bonds. The minimum Gasteiger partial charge on any atom is -0.486 e. The van der Waals surface area contributed by atoms with Gasteiger partial charge in [0.15, 0.2) is 11.0 Å². The highest BCUT2D eigenvalue weighted by Gasteiger charge is 2.14. The van der Waals surface area contributed by atoms with E-state index >= 15 is 0 Å². The first-order valence-electron chi connectivity index (χ1n) is 7.58. The fourth-order valence-corrected chi connectivity index (χ4v) is 2.69. The molecule has 0 radical (unpaired) electrons. The number of allylic oxidation sites excluding steroid dienone is 1. The molecule has 0 fully saturated rings. The summed E-state index contributed by atoms with van der Waals surface area (Å²) in [7, 11) is 0. The van der Waals surface area contributed by atoms with Crippen molar-refractivity contribution >= 4 is 23.6 Å². The number of thioether (sulfide) groups is 1. The van der Waals surface area contributed by atoms with E-state index in [-0.39, 0.29) is 30.6 Å². The molecular weight excluding hydrogens is 361 g/mol. The second kappa shape index (κ2) is 9.56. The van der Waals surface area contributed by atoms with Gasteiger partial charge < -0.3 is 15.8 Å². The fourth-order valence-electron chi connectivity index (χ4n) is 1.89. The van der Waals surface area contributed by atoms with Crippen molar-refractivity contribution in [3.05, 3.63) is 48.6 Å². The van der Waals surface area contributed by atoms with Crippen molar-refractivity contribution in [3.63, 3.8) is 0 Å². The average molecular weight is 379 g/mol. The number of nitrogens with two attached hydrogens (primary N) is 1. The SMILES string of the molecule is C=CCn1c(COc2ccc(F)cc2)nnc1SCC(=O)NCC(N)=O. The van der Waals surface area contributed by atoms with Crippen molar-refractivity contribution in [1.82, 2.24) is 20.1 Å². The van der Waals surface area contributed by atoms with Crippen molar-refractivity contribution < 1.29 is 18.7 Å². The molecule has 3 N–H and O–H groups in total. The number of carbonyl (C=O) groups excluding carboxylic acids is 2. The zero-order valence-corrected chi connectivity index (χ0v) is 14.7. The van der Waals surface area contributed by atoms with Crippen LogP contribution in [-0.2, 0) is 22.7 Å². The minimum atomic E-state index is -0.613. The van der Waals surface area contributed by atoms with E-state index in [1.54, 1.807) is 10.6 Å². The summed E-state index contributed by atoms with van der Waals surface area (Å²) in [4.78, 5) is 22.3. The molecule has 8 nitrogen and oxygen atoms in total. The van der Waals surface area contributed by atoms with E-state index in [0.29, 0.717) is 23.3 Å². The van der Waals surface area contributed by atoms with Gasteiger partial charge in [0, 0.05) is 6.54 Å². The molecule has 0 saturated heterocycles. The maximum absolute atomic E-state index is 12.9. The molecule has 2 rings (SSSR count). The number of primary amides is 1. The molecule has 0 spiro atoms. The Morgan fingerprint density at radius 2 is 2.08 bits per heavy atom. The third-order valence-electron chi connectivity index (χ3n) is 3.08. The number of ether oxygens (including phenoxy) is 1. The van der Waals surface area contributed by atoms with Gasteiger partial charge in [-0.25, -0.2) is 4.39 Å². The number of aromatic nitrogens is 3. The van der Waals surface area contributed by atoms with Crippen LogP contribution in [0.2, 0.25) is 0 Å². The Morgan fingerprint density at radius 1 is 1.35 bits per heavy atom. The van der Waals surface area contributed by atoms with Crippen LogP contribution in [0.4, 0.5) is 4.39 Å². The van der Waals surface area contributed by atoms with Crippen molar-refractivity contribution in [3.8, 4) is 5.75 Å². The summed E-state index contributed by atoms with van der Waals surface area (Å²) in [6.45, 7) is 4.04. The molecule has 138 valence electrons. The van der Waals surface area contributed by atoms with E-state index in [1.165, 1.54) is 24.3 Å². The van der Waals surface area contributed by atoms with Crippen LogP contribution in [0.15, 0.2) is 42.1 Å². The number of carbonyl (C=O) groups is 2. The van der Waals surface area contributed by atoms with E-state index in [9.17, 15) is 14.0 Å². The Labute approximate surface area is 153 Å². The zero-order valence-electron chi connectivity index (χ0n) is 13.9. The van der Waals surface area contributed by atoms with Crippen molar-refractivity contribution in [2.24, 2.45) is 5.73 Å². The number of halogens is 1. The van der Waals surface area contributed by atoms with E-state index in [0.717, 1.165) is 11.8 Å². The lowest BCUT2D eigenvalue weighted by Gasteiger charge is -2.09. The third kappa shape index (κ3) is 5.88. The van der Waals surface area contributed by atoms with Gasteiger partial charge >= 0.3 is 0 Å². The fraction of sp³-hybridized carbons (Fsp3) is 0.250. The Morgan fingerprint density at radius 3 is 2.73 bits per heavy atom. The van der Waals surface area contributed by atoms with Gasteiger partial charge in [0.2, 0.25) is 11.8 Å². The number of hydrogen-bond acceptors (Lipinski definition) is 6. The van der Waals surface area contributed by atoms with Crippen LogP contribution in [-0.4, -0.2) is 38.9 Å². The Bertz CT molecular complexity index is 779. The smallest absolute Gasteiger partial charge is 0.236 e. The molecule has 0 bridgehead atoms. The predicted molar refractivity (Wildman–Crippen MR) is 93.9 cm³/mol. The highest BCUT2D eigenvalue weighted by Crippen LogP contribution is 2.19. The summed E-state index contributed by atoms with van der Waals surface area (Å²) in [6.07, 6.45) is 1.67. The largest absolute Gasteiger partial charge is 0.486 e. The van der Waals surface area contributed by atoms with Crippen LogP contribution in [0.3, 0.4) is 0 Å². The lowest BCUT2D eigenvalue weighted by atomic mass is 10.3. The molecule has 0 atom stereocenters. The van der Waals surface area contributed by atoms with Crippen LogP contribution in [0, 0.1) is 5.82 Å². The number of nitrogens with zero attached hydrogens (tertiary/aromatic N) is 3. The number of benzene rings is 1. The van der Waals surface area contributed by atoms with Crippen LogP contribution >= 0.6 is 11.8 Å². The molecule has 1 aromatic heterocycles. The van der Waals surface area contributed by atoms with Gasteiger partial charge in [0.05, 0.1) is 12.3 Å². The van der Waals surface area contributed by atoms with Gasteiger partial charge in [0.25, 0.3) is 0 Å². The zero-order chi connectivity index (χ0) is 18.9. The van der Waals surface area contributed by atoms with Crippen LogP contribution in [0.25, 0.3) is 0 Å². The molecule has 10 heteroatoms. The van der Waals surface area contributed by atoms with E-state index in [1.807, 2.05) is 0 Å². The van der Waals surface area contributed by atoms with Crippen molar-refractivity contribution in [1.29, 1.82) is 0 Å². The molecular formula is C16H18FN5O3S. The number of rotatable bonds is 10. The number of amides is 2. The topological polar surface area (TPSA) is 112 Å². The quantitative estimate of drug-likeness (QED) is 0.468. The number of nitrogens with one attached hydrogen (secondary N) is 1. The second-order valence-electron chi connectivity index (χ2n) is 5.07. The van der Waals surface area contributed by atoms with Crippen molar-refractivity contribution in [2.75, 3.05) is 12.3 Å². The first kappa shape index (κ1) is 19.4. The number of hydrogen-bond donors (Lipinski definition) is 2. The van der Waals surface area contributed by atoms with E-state index in [2.05, 4.69) is 22.1 Å². The molecule has 0 saturated carbocycles. The molecule has 0 aliphatic carbocycles. The third-order valence-corrected chi connectivity index (χ3v) is 4.05. The molecule has 0 aliphatic rings. The summed E-state index contributed by atoms with van der Waals surface area (Å²) in [6, 6.07) is 5.64. The van der Waals surface area contributed by atoms with Gasteiger partial charge in [-0.1, -0.05) is 17.8 Å². The highest BCUT2D eigenvalue weighted by atomic mass is 32.2. The second-order valence-corrected chi connectivity index (χ2v) is 6.01. The maximum Gasteiger partial charge on any atom is 0.236 e. The monoisotopic (exact) mass is 379 g/mol. The van der Waals surface area contributed by atoms with Crippen LogP contribution in [0.5, 0.6) is 5.75 Å². The molecule has 26 heavy (non-hydrogen) atoms. The lowest BCUT2D eigenvalue weighted by molar-refractivity contribution is -0.123. The van der Waals surface area contributed by atoms with Gasteiger partial charge in [0.1, 0.15) is 18.2 Å².